The van der Waals surface area contributed by atoms with Gasteiger partial charge in [-0.05, 0) is 55.0 Å². The van der Waals surface area contributed by atoms with Gasteiger partial charge >= 0.3 is 0 Å². The summed E-state index contributed by atoms with van der Waals surface area (Å²) in [6, 6.07) is 13.8. The Morgan fingerprint density at radius 3 is 1.46 bits per heavy atom. The summed E-state index contributed by atoms with van der Waals surface area (Å²) in [5.41, 5.74) is 0. The van der Waals surface area contributed by atoms with Crippen molar-refractivity contribution in [2.45, 2.75) is 18.2 Å². The highest BCUT2D eigenvalue weighted by Gasteiger charge is 2.06. The smallest absolute Gasteiger partial charge is 0.175 e. The summed E-state index contributed by atoms with van der Waals surface area (Å²) in [7, 11) is -3.18. The van der Waals surface area contributed by atoms with Crippen molar-refractivity contribution in [2.24, 2.45) is 0 Å². The van der Waals surface area contributed by atoms with E-state index in [2.05, 4.69) is 6.92 Å². The summed E-state index contributed by atoms with van der Waals surface area (Å²) in [6.45, 7) is 3.52. The first-order valence-electron chi connectivity index (χ1n) is 7.77. The molecule has 0 aliphatic heterocycles. The minimum Gasteiger partial charge on any atom is -0.494 e. The Labute approximate surface area is 143 Å². The molecule has 0 bridgehead atoms. The van der Waals surface area contributed by atoms with E-state index in [0.29, 0.717) is 25.6 Å². The average molecular weight is 350 g/mol. The first-order chi connectivity index (χ1) is 11.5. The Hall–Kier alpha value is -2.21. The van der Waals surface area contributed by atoms with Gasteiger partial charge < -0.3 is 14.2 Å². The number of ether oxygens (including phenoxy) is 3. The first-order valence-corrected chi connectivity index (χ1v) is 9.67. The van der Waals surface area contributed by atoms with Crippen molar-refractivity contribution in [2.75, 3.05) is 26.1 Å². The van der Waals surface area contributed by atoms with E-state index < -0.39 is 9.84 Å². The normalized spacial score (nSPS) is 11.1. The number of hydrogen-bond donors (Lipinski definition) is 0. The minimum absolute atomic E-state index is 0.275. The van der Waals surface area contributed by atoms with Crippen LogP contribution in [0.3, 0.4) is 0 Å². The van der Waals surface area contributed by atoms with Crippen LogP contribution in [0.5, 0.6) is 17.2 Å². The molecule has 0 heterocycles. The van der Waals surface area contributed by atoms with Crippen molar-refractivity contribution < 1.29 is 22.6 Å². The fraction of sp³-hybridized carbons (Fsp3) is 0.333. The average Bonchev–Trinajstić information content (AvgIpc) is 2.57. The van der Waals surface area contributed by atoms with E-state index in [1.165, 1.54) is 18.4 Å². The van der Waals surface area contributed by atoms with Crippen molar-refractivity contribution in [1.29, 1.82) is 0 Å². The molecular weight excluding hydrogens is 328 g/mol. The summed E-state index contributed by atoms with van der Waals surface area (Å²) in [5, 5.41) is 0. The lowest BCUT2D eigenvalue weighted by atomic mass is 10.3. The third-order valence-corrected chi connectivity index (χ3v) is 4.30. The first kappa shape index (κ1) is 18.1. The Morgan fingerprint density at radius 2 is 1.08 bits per heavy atom. The van der Waals surface area contributed by atoms with Crippen LogP contribution in [0.15, 0.2) is 53.4 Å². The predicted molar refractivity (Wildman–Crippen MR) is 92.8 cm³/mol. The van der Waals surface area contributed by atoms with E-state index in [1.54, 1.807) is 12.1 Å². The topological polar surface area (TPSA) is 61.8 Å². The molecule has 5 nitrogen and oxygen atoms in total. The molecule has 0 aromatic heterocycles. The van der Waals surface area contributed by atoms with Crippen LogP contribution < -0.4 is 14.2 Å². The Morgan fingerprint density at radius 1 is 0.708 bits per heavy atom. The minimum atomic E-state index is -3.18. The molecule has 6 heteroatoms. The van der Waals surface area contributed by atoms with Crippen LogP contribution in [0.1, 0.15) is 13.3 Å². The maximum Gasteiger partial charge on any atom is 0.175 e. The standard InChI is InChI=1S/C18H22O5S/c1-3-12-21-15-4-6-16(7-5-15)22-13-14-23-17-8-10-18(11-9-17)24(2,19)20/h4-11H,3,12-14H2,1-2H3. The molecule has 24 heavy (non-hydrogen) atoms. The van der Waals surface area contributed by atoms with Crippen molar-refractivity contribution in [3.05, 3.63) is 48.5 Å². The third kappa shape index (κ3) is 5.77. The molecule has 0 radical (unpaired) electrons. The van der Waals surface area contributed by atoms with Gasteiger partial charge in [-0.1, -0.05) is 6.92 Å². The molecule has 0 aliphatic carbocycles. The third-order valence-electron chi connectivity index (χ3n) is 3.17. The molecule has 0 spiro atoms. The molecule has 130 valence electrons. The van der Waals surface area contributed by atoms with Gasteiger partial charge in [0.25, 0.3) is 0 Å². The van der Waals surface area contributed by atoms with Crippen molar-refractivity contribution in [3.63, 3.8) is 0 Å². The summed E-state index contributed by atoms with van der Waals surface area (Å²) in [6.07, 6.45) is 2.15. The summed E-state index contributed by atoms with van der Waals surface area (Å²) >= 11 is 0. The lowest BCUT2D eigenvalue weighted by molar-refractivity contribution is 0.217. The molecule has 2 rings (SSSR count). The highest BCUT2D eigenvalue weighted by Crippen LogP contribution is 2.18. The molecule has 0 saturated heterocycles. The predicted octanol–water partition coefficient (Wildman–Crippen LogP) is 3.34. The second-order valence-electron chi connectivity index (χ2n) is 5.26. The zero-order valence-electron chi connectivity index (χ0n) is 13.9. The number of hydrogen-bond acceptors (Lipinski definition) is 5. The fourth-order valence-electron chi connectivity index (χ4n) is 1.95. The summed E-state index contributed by atoms with van der Waals surface area (Å²) in [5.74, 6) is 2.18. The molecular formula is C18H22O5S. The van der Waals surface area contributed by atoms with Crippen LogP contribution in [0.2, 0.25) is 0 Å². The van der Waals surface area contributed by atoms with E-state index in [0.717, 1.165) is 17.9 Å². The second kappa shape index (κ2) is 8.59. The molecule has 0 fully saturated rings. The van der Waals surface area contributed by atoms with E-state index >= 15 is 0 Å². The number of benzene rings is 2. The molecule has 0 unspecified atom stereocenters. The molecule has 0 amide bonds. The van der Waals surface area contributed by atoms with Crippen LogP contribution in [0, 0.1) is 0 Å². The van der Waals surface area contributed by atoms with E-state index in [1.807, 2.05) is 24.3 Å². The number of rotatable bonds is 9. The van der Waals surface area contributed by atoms with E-state index in [4.69, 9.17) is 14.2 Å². The molecule has 0 aliphatic rings. The van der Waals surface area contributed by atoms with Gasteiger partial charge in [-0.15, -0.1) is 0 Å². The molecule has 0 N–H and O–H groups in total. The SMILES string of the molecule is CCCOc1ccc(OCCOc2ccc(S(C)(=O)=O)cc2)cc1. The quantitative estimate of drug-likeness (QED) is 0.649. The van der Waals surface area contributed by atoms with Gasteiger partial charge in [0.05, 0.1) is 11.5 Å². The van der Waals surface area contributed by atoms with Crippen molar-refractivity contribution in [3.8, 4) is 17.2 Å². The second-order valence-corrected chi connectivity index (χ2v) is 7.28. The van der Waals surface area contributed by atoms with Crippen LogP contribution in [0.25, 0.3) is 0 Å². The van der Waals surface area contributed by atoms with Gasteiger partial charge in [0.15, 0.2) is 9.84 Å². The molecule has 0 atom stereocenters. The van der Waals surface area contributed by atoms with Crippen molar-refractivity contribution >= 4 is 9.84 Å². The van der Waals surface area contributed by atoms with E-state index in [-0.39, 0.29) is 4.90 Å². The molecule has 2 aromatic rings. The van der Waals surface area contributed by atoms with Crippen LogP contribution in [0.4, 0.5) is 0 Å². The molecule has 2 aromatic carbocycles. The largest absolute Gasteiger partial charge is 0.494 e. The van der Waals surface area contributed by atoms with Crippen LogP contribution in [-0.4, -0.2) is 34.5 Å². The van der Waals surface area contributed by atoms with Gasteiger partial charge in [0.1, 0.15) is 30.5 Å². The highest BCUT2D eigenvalue weighted by atomic mass is 32.2. The lowest BCUT2D eigenvalue weighted by Crippen LogP contribution is -2.09. The van der Waals surface area contributed by atoms with Gasteiger partial charge in [-0.2, -0.15) is 0 Å². The number of sulfone groups is 1. The monoisotopic (exact) mass is 350 g/mol. The highest BCUT2D eigenvalue weighted by molar-refractivity contribution is 7.90. The summed E-state index contributed by atoms with van der Waals surface area (Å²) < 4.78 is 39.4. The van der Waals surface area contributed by atoms with E-state index in [9.17, 15) is 8.42 Å². The van der Waals surface area contributed by atoms with Gasteiger partial charge in [0.2, 0.25) is 0 Å². The van der Waals surface area contributed by atoms with Gasteiger partial charge in [0, 0.05) is 6.26 Å². The van der Waals surface area contributed by atoms with Gasteiger partial charge in [-0.25, -0.2) is 8.42 Å². The Bertz CT molecular complexity index is 721. The summed E-state index contributed by atoms with van der Waals surface area (Å²) in [4.78, 5) is 0.275. The fourth-order valence-corrected chi connectivity index (χ4v) is 2.58. The zero-order chi connectivity index (χ0) is 17.4. The zero-order valence-corrected chi connectivity index (χ0v) is 14.7. The van der Waals surface area contributed by atoms with Crippen LogP contribution >= 0.6 is 0 Å². The molecule has 0 saturated carbocycles. The maximum atomic E-state index is 11.4. The van der Waals surface area contributed by atoms with Gasteiger partial charge in [-0.3, -0.25) is 0 Å². The lowest BCUT2D eigenvalue weighted by Gasteiger charge is -2.10. The Balaban J connectivity index is 1.74. The maximum absolute atomic E-state index is 11.4. The van der Waals surface area contributed by atoms with Crippen LogP contribution in [-0.2, 0) is 9.84 Å². The Kier molecular flexibility index (Phi) is 6.49. The van der Waals surface area contributed by atoms with Crippen molar-refractivity contribution in [1.82, 2.24) is 0 Å².